The van der Waals surface area contributed by atoms with E-state index in [4.69, 9.17) is 0 Å². The molecule has 0 saturated carbocycles. The second-order valence-electron chi connectivity index (χ2n) is 6.31. The highest BCUT2D eigenvalue weighted by Gasteiger charge is 2.32. The third kappa shape index (κ3) is 5.26. The maximum Gasteiger partial charge on any atom is 0.240 e. The predicted molar refractivity (Wildman–Crippen MR) is 110 cm³/mol. The third-order valence-electron chi connectivity index (χ3n) is 4.04. The summed E-state index contributed by atoms with van der Waals surface area (Å²) < 4.78 is 13.0. The minimum absolute atomic E-state index is 0.0318. The summed E-state index contributed by atoms with van der Waals surface area (Å²) in [5.41, 5.74) is 3.10. The number of amides is 2. The number of nitrogens with one attached hydrogen (secondary N) is 2. The summed E-state index contributed by atoms with van der Waals surface area (Å²) in [6.45, 7) is 3.71. The highest BCUT2D eigenvalue weighted by atomic mass is 32.2. The van der Waals surface area contributed by atoms with Crippen molar-refractivity contribution >= 4 is 40.1 Å². The molecule has 2 N–H and O–H groups in total. The van der Waals surface area contributed by atoms with E-state index >= 15 is 0 Å². The van der Waals surface area contributed by atoms with Crippen LogP contribution in [0, 0.1) is 12.7 Å². The van der Waals surface area contributed by atoms with Gasteiger partial charge in [-0.05, 0) is 43.7 Å². The number of nitrogens with zero attached hydrogens (tertiary/aromatic N) is 2. The van der Waals surface area contributed by atoms with E-state index in [0.717, 1.165) is 22.9 Å². The first-order valence-electron chi connectivity index (χ1n) is 8.63. The standard InChI is InChI=1S/C20H19FN4O2S/c1-12-3-9-16(10-4-12)22-18(26)11-17-19(27)23-20(28-17)25-24-13(2)14-5-7-15(21)8-6-14/h3-10,17H,11H2,1-2H3,(H,22,26)(H,23,25,27)/b24-13+/t17-/m1/s1. The first-order chi connectivity index (χ1) is 13.4. The van der Waals surface area contributed by atoms with E-state index in [2.05, 4.69) is 20.8 Å². The van der Waals surface area contributed by atoms with Crippen LogP contribution in [-0.4, -0.2) is 27.9 Å². The molecule has 0 unspecified atom stereocenters. The van der Waals surface area contributed by atoms with E-state index in [1.165, 1.54) is 12.1 Å². The predicted octanol–water partition coefficient (Wildman–Crippen LogP) is 3.47. The summed E-state index contributed by atoms with van der Waals surface area (Å²) >= 11 is 1.16. The van der Waals surface area contributed by atoms with Crippen LogP contribution in [0.15, 0.2) is 58.7 Å². The van der Waals surface area contributed by atoms with Gasteiger partial charge in [0.25, 0.3) is 0 Å². The van der Waals surface area contributed by atoms with Gasteiger partial charge in [-0.3, -0.25) is 9.59 Å². The molecule has 0 spiro atoms. The smallest absolute Gasteiger partial charge is 0.240 e. The largest absolute Gasteiger partial charge is 0.326 e. The van der Waals surface area contributed by atoms with Gasteiger partial charge in [-0.25, -0.2) is 4.39 Å². The fourth-order valence-corrected chi connectivity index (χ4v) is 3.39. The van der Waals surface area contributed by atoms with E-state index in [0.29, 0.717) is 16.6 Å². The minimum atomic E-state index is -0.564. The highest BCUT2D eigenvalue weighted by molar-refractivity contribution is 8.15. The molecule has 2 aromatic rings. The van der Waals surface area contributed by atoms with Crippen LogP contribution in [0.2, 0.25) is 0 Å². The molecular weight excluding hydrogens is 379 g/mol. The summed E-state index contributed by atoms with van der Waals surface area (Å²) in [7, 11) is 0. The van der Waals surface area contributed by atoms with E-state index in [1.807, 2.05) is 31.2 Å². The van der Waals surface area contributed by atoms with Crippen molar-refractivity contribution < 1.29 is 14.0 Å². The molecular formula is C20H19FN4O2S. The summed E-state index contributed by atoms with van der Waals surface area (Å²) in [4.78, 5) is 24.3. The Labute approximate surface area is 166 Å². The number of carbonyl (C=O) groups excluding carboxylic acids is 2. The monoisotopic (exact) mass is 398 g/mol. The lowest BCUT2D eigenvalue weighted by atomic mass is 10.1. The number of hydrogen-bond acceptors (Lipinski definition) is 5. The molecule has 8 heteroatoms. The minimum Gasteiger partial charge on any atom is -0.326 e. The van der Waals surface area contributed by atoms with Gasteiger partial charge in [0, 0.05) is 12.1 Å². The molecule has 2 aromatic carbocycles. The van der Waals surface area contributed by atoms with Gasteiger partial charge < -0.3 is 10.6 Å². The average molecular weight is 398 g/mol. The SMILES string of the molecule is C/C(=N\N=C1\NC(=O)[C@@H](CC(=O)Nc2ccc(C)cc2)S1)c1ccc(F)cc1. The molecule has 0 aromatic heterocycles. The van der Waals surface area contributed by atoms with Crippen molar-refractivity contribution in [1.82, 2.24) is 5.32 Å². The molecule has 0 aliphatic carbocycles. The van der Waals surface area contributed by atoms with Gasteiger partial charge in [-0.1, -0.05) is 41.6 Å². The number of aryl methyl sites for hydroxylation is 1. The van der Waals surface area contributed by atoms with Gasteiger partial charge in [0.1, 0.15) is 11.1 Å². The molecule has 1 saturated heterocycles. The fourth-order valence-electron chi connectivity index (χ4n) is 2.47. The number of amidine groups is 1. The molecule has 28 heavy (non-hydrogen) atoms. The number of anilines is 1. The Morgan fingerprint density at radius 2 is 1.86 bits per heavy atom. The lowest BCUT2D eigenvalue weighted by Gasteiger charge is -2.07. The Morgan fingerprint density at radius 3 is 2.54 bits per heavy atom. The van der Waals surface area contributed by atoms with E-state index < -0.39 is 5.25 Å². The summed E-state index contributed by atoms with van der Waals surface area (Å²) in [6, 6.07) is 13.3. The van der Waals surface area contributed by atoms with Gasteiger partial charge >= 0.3 is 0 Å². The first-order valence-corrected chi connectivity index (χ1v) is 9.51. The maximum atomic E-state index is 13.0. The van der Waals surface area contributed by atoms with E-state index in [9.17, 15) is 14.0 Å². The quantitative estimate of drug-likeness (QED) is 0.598. The first kappa shape index (κ1) is 19.8. The molecule has 0 radical (unpaired) electrons. The van der Waals surface area contributed by atoms with Crippen molar-refractivity contribution in [2.75, 3.05) is 5.32 Å². The molecule has 1 atom stereocenters. The van der Waals surface area contributed by atoms with Gasteiger partial charge in [0.05, 0.1) is 5.71 Å². The van der Waals surface area contributed by atoms with Crippen molar-refractivity contribution in [3.8, 4) is 0 Å². The zero-order valence-electron chi connectivity index (χ0n) is 15.4. The van der Waals surface area contributed by atoms with Gasteiger partial charge in [0.2, 0.25) is 11.8 Å². The van der Waals surface area contributed by atoms with Crippen LogP contribution in [0.1, 0.15) is 24.5 Å². The topological polar surface area (TPSA) is 82.9 Å². The second kappa shape index (κ2) is 8.79. The van der Waals surface area contributed by atoms with Crippen molar-refractivity contribution in [3.63, 3.8) is 0 Å². The average Bonchev–Trinajstić information content (AvgIpc) is 3.01. The normalized spacial score (nSPS) is 18.2. The molecule has 6 nitrogen and oxygen atoms in total. The Hall–Kier alpha value is -3.00. The number of benzene rings is 2. The molecule has 1 aliphatic heterocycles. The van der Waals surface area contributed by atoms with Crippen molar-refractivity contribution in [2.45, 2.75) is 25.5 Å². The van der Waals surface area contributed by atoms with Crippen LogP contribution in [-0.2, 0) is 9.59 Å². The van der Waals surface area contributed by atoms with Crippen LogP contribution >= 0.6 is 11.8 Å². The van der Waals surface area contributed by atoms with E-state index in [-0.39, 0.29) is 24.1 Å². The van der Waals surface area contributed by atoms with Crippen molar-refractivity contribution in [3.05, 3.63) is 65.5 Å². The second-order valence-corrected chi connectivity index (χ2v) is 7.50. The Bertz CT molecular complexity index is 940. The Balaban J connectivity index is 1.58. The summed E-state index contributed by atoms with van der Waals surface area (Å²) in [5, 5.41) is 13.3. The fraction of sp³-hybridized carbons (Fsp3) is 0.200. The van der Waals surface area contributed by atoms with Crippen LogP contribution in [0.5, 0.6) is 0 Å². The van der Waals surface area contributed by atoms with Crippen LogP contribution < -0.4 is 10.6 Å². The number of hydrogen-bond donors (Lipinski definition) is 2. The molecule has 1 fully saturated rings. The molecule has 144 valence electrons. The van der Waals surface area contributed by atoms with Crippen LogP contribution in [0.3, 0.4) is 0 Å². The molecule has 1 heterocycles. The number of thioether (sulfide) groups is 1. The molecule has 3 rings (SSSR count). The lowest BCUT2D eigenvalue weighted by Crippen LogP contribution is -2.28. The Morgan fingerprint density at radius 1 is 1.18 bits per heavy atom. The van der Waals surface area contributed by atoms with Crippen LogP contribution in [0.4, 0.5) is 10.1 Å². The number of carbonyl (C=O) groups is 2. The van der Waals surface area contributed by atoms with Crippen molar-refractivity contribution in [1.29, 1.82) is 0 Å². The lowest BCUT2D eigenvalue weighted by molar-refractivity contribution is -0.122. The number of halogens is 1. The summed E-state index contributed by atoms with van der Waals surface area (Å²) in [5.74, 6) is -0.852. The van der Waals surface area contributed by atoms with Crippen molar-refractivity contribution in [2.24, 2.45) is 10.2 Å². The summed E-state index contributed by atoms with van der Waals surface area (Å²) in [6.07, 6.45) is 0.0318. The molecule has 1 aliphatic rings. The Kier molecular flexibility index (Phi) is 6.20. The van der Waals surface area contributed by atoms with Gasteiger partial charge in [-0.15, -0.1) is 5.10 Å². The molecule has 2 amide bonds. The van der Waals surface area contributed by atoms with Gasteiger partial charge in [0.15, 0.2) is 5.17 Å². The number of rotatable bonds is 5. The highest BCUT2D eigenvalue weighted by Crippen LogP contribution is 2.23. The van der Waals surface area contributed by atoms with Gasteiger partial charge in [-0.2, -0.15) is 5.10 Å². The zero-order chi connectivity index (χ0) is 20.1. The molecule has 0 bridgehead atoms. The maximum absolute atomic E-state index is 13.0. The van der Waals surface area contributed by atoms with Crippen LogP contribution in [0.25, 0.3) is 0 Å². The zero-order valence-corrected chi connectivity index (χ0v) is 16.2. The third-order valence-corrected chi connectivity index (χ3v) is 5.11. The van der Waals surface area contributed by atoms with E-state index in [1.54, 1.807) is 19.1 Å².